The van der Waals surface area contributed by atoms with Gasteiger partial charge in [0.1, 0.15) is 11.3 Å². The zero-order chi connectivity index (χ0) is 15.0. The normalized spacial score (nSPS) is 27.3. The molecule has 2 aliphatic rings. The highest BCUT2D eigenvalue weighted by atomic mass is 16.5. The van der Waals surface area contributed by atoms with Crippen LogP contribution in [0.2, 0.25) is 0 Å². The van der Waals surface area contributed by atoms with Crippen LogP contribution < -0.4 is 0 Å². The minimum Gasteiger partial charge on any atom is -0.391 e. The zero-order valence-electron chi connectivity index (χ0n) is 12.7. The molecular formula is C15H23N3O3. The standard InChI is InChI=1S/C15H23N3O3/c1-10-14(11(2)21-16-10)15(20)18-8-6-17(7-9-18)12-4-3-5-13(12)19/h12-13,19H,3-9H2,1-2H3/t12-,13-/m0/s1. The van der Waals surface area contributed by atoms with Crippen molar-refractivity contribution in [2.24, 2.45) is 0 Å². The molecule has 6 nitrogen and oxygen atoms in total. The average Bonchev–Trinajstić information content (AvgIpc) is 3.05. The Kier molecular flexibility index (Phi) is 3.99. The van der Waals surface area contributed by atoms with E-state index in [2.05, 4.69) is 10.1 Å². The Labute approximate surface area is 124 Å². The first-order chi connectivity index (χ1) is 10.1. The lowest BCUT2D eigenvalue weighted by atomic mass is 10.1. The van der Waals surface area contributed by atoms with Crippen LogP contribution in [0.15, 0.2) is 4.52 Å². The third-order valence-electron chi connectivity index (χ3n) is 4.76. The number of hydrogen-bond acceptors (Lipinski definition) is 5. The summed E-state index contributed by atoms with van der Waals surface area (Å²) in [7, 11) is 0. The van der Waals surface area contributed by atoms with E-state index in [0.29, 0.717) is 30.1 Å². The van der Waals surface area contributed by atoms with E-state index >= 15 is 0 Å². The van der Waals surface area contributed by atoms with E-state index in [1.165, 1.54) is 0 Å². The number of rotatable bonds is 2. The molecule has 0 radical (unpaired) electrons. The molecule has 1 N–H and O–H groups in total. The maximum Gasteiger partial charge on any atom is 0.259 e. The molecule has 1 aromatic heterocycles. The monoisotopic (exact) mass is 293 g/mol. The number of aliphatic hydroxyl groups is 1. The van der Waals surface area contributed by atoms with Gasteiger partial charge in [-0.05, 0) is 33.1 Å². The molecule has 0 spiro atoms. The van der Waals surface area contributed by atoms with E-state index in [1.54, 1.807) is 13.8 Å². The summed E-state index contributed by atoms with van der Waals surface area (Å²) in [5.41, 5.74) is 1.26. The smallest absolute Gasteiger partial charge is 0.259 e. The Morgan fingerprint density at radius 1 is 1.24 bits per heavy atom. The first kappa shape index (κ1) is 14.5. The van der Waals surface area contributed by atoms with E-state index < -0.39 is 0 Å². The van der Waals surface area contributed by atoms with Crippen LogP contribution in [-0.2, 0) is 0 Å². The Balaban J connectivity index is 1.62. The molecule has 1 aliphatic carbocycles. The zero-order valence-corrected chi connectivity index (χ0v) is 12.7. The maximum atomic E-state index is 12.6. The van der Waals surface area contributed by atoms with Gasteiger partial charge in [-0.25, -0.2) is 0 Å². The van der Waals surface area contributed by atoms with Crippen molar-refractivity contribution in [2.75, 3.05) is 26.2 Å². The summed E-state index contributed by atoms with van der Waals surface area (Å²) in [5, 5.41) is 13.9. The third-order valence-corrected chi connectivity index (χ3v) is 4.76. The van der Waals surface area contributed by atoms with E-state index in [0.717, 1.165) is 32.4 Å². The van der Waals surface area contributed by atoms with Crippen molar-refractivity contribution in [2.45, 2.75) is 45.3 Å². The predicted octanol–water partition coefficient (Wildman–Crippen LogP) is 0.963. The fraction of sp³-hybridized carbons (Fsp3) is 0.733. The maximum absolute atomic E-state index is 12.6. The van der Waals surface area contributed by atoms with Crippen LogP contribution in [0.4, 0.5) is 0 Å². The van der Waals surface area contributed by atoms with Gasteiger partial charge in [0.25, 0.3) is 5.91 Å². The second kappa shape index (κ2) is 5.77. The van der Waals surface area contributed by atoms with Gasteiger partial charge in [-0.2, -0.15) is 0 Å². The summed E-state index contributed by atoms with van der Waals surface area (Å²) < 4.78 is 5.08. The van der Waals surface area contributed by atoms with Gasteiger partial charge < -0.3 is 14.5 Å². The van der Waals surface area contributed by atoms with Gasteiger partial charge in [-0.3, -0.25) is 9.69 Å². The lowest BCUT2D eigenvalue weighted by molar-refractivity contribution is 0.0314. The van der Waals surface area contributed by atoms with Crippen molar-refractivity contribution in [3.05, 3.63) is 17.0 Å². The largest absolute Gasteiger partial charge is 0.391 e. The van der Waals surface area contributed by atoms with E-state index in [4.69, 9.17) is 4.52 Å². The molecule has 6 heteroatoms. The van der Waals surface area contributed by atoms with Crippen molar-refractivity contribution in [1.82, 2.24) is 15.0 Å². The van der Waals surface area contributed by atoms with Crippen molar-refractivity contribution in [1.29, 1.82) is 0 Å². The highest BCUT2D eigenvalue weighted by molar-refractivity contribution is 5.96. The second-order valence-corrected chi connectivity index (χ2v) is 6.09. The number of amides is 1. The van der Waals surface area contributed by atoms with Gasteiger partial charge in [0, 0.05) is 32.2 Å². The molecule has 21 heavy (non-hydrogen) atoms. The number of piperazine rings is 1. The minimum absolute atomic E-state index is 0.0119. The molecule has 0 bridgehead atoms. The van der Waals surface area contributed by atoms with Crippen molar-refractivity contribution >= 4 is 5.91 Å². The number of carbonyl (C=O) groups is 1. The van der Waals surface area contributed by atoms with Crippen LogP contribution in [0, 0.1) is 13.8 Å². The molecule has 0 aromatic carbocycles. The van der Waals surface area contributed by atoms with Crippen molar-refractivity contribution in [3.63, 3.8) is 0 Å². The Bertz CT molecular complexity index is 501. The number of nitrogens with zero attached hydrogens (tertiary/aromatic N) is 3. The van der Waals surface area contributed by atoms with Gasteiger partial charge >= 0.3 is 0 Å². The SMILES string of the molecule is Cc1noc(C)c1C(=O)N1CCN([C@H]2CCC[C@@H]2O)CC1. The highest BCUT2D eigenvalue weighted by Crippen LogP contribution is 2.25. The molecule has 1 aliphatic heterocycles. The highest BCUT2D eigenvalue weighted by Gasteiger charge is 2.34. The fourth-order valence-corrected chi connectivity index (χ4v) is 3.55. The molecule has 2 fully saturated rings. The van der Waals surface area contributed by atoms with Gasteiger partial charge in [-0.15, -0.1) is 0 Å². The molecular weight excluding hydrogens is 270 g/mol. The molecule has 2 heterocycles. The summed E-state index contributed by atoms with van der Waals surface area (Å²) >= 11 is 0. The predicted molar refractivity (Wildman–Crippen MR) is 77.1 cm³/mol. The van der Waals surface area contributed by atoms with Gasteiger partial charge in [-0.1, -0.05) is 5.16 Å². The fourth-order valence-electron chi connectivity index (χ4n) is 3.55. The average molecular weight is 293 g/mol. The molecule has 1 saturated heterocycles. The Hall–Kier alpha value is -1.40. The van der Waals surface area contributed by atoms with Crippen LogP contribution in [0.25, 0.3) is 0 Å². The van der Waals surface area contributed by atoms with Crippen LogP contribution in [0.1, 0.15) is 41.1 Å². The van der Waals surface area contributed by atoms with Crippen LogP contribution in [0.3, 0.4) is 0 Å². The summed E-state index contributed by atoms with van der Waals surface area (Å²) in [6.45, 7) is 6.64. The van der Waals surface area contributed by atoms with Crippen LogP contribution >= 0.6 is 0 Å². The van der Waals surface area contributed by atoms with Crippen LogP contribution in [-0.4, -0.2) is 64.3 Å². The topological polar surface area (TPSA) is 69.8 Å². The minimum atomic E-state index is -0.199. The van der Waals surface area contributed by atoms with Crippen LogP contribution in [0.5, 0.6) is 0 Å². The van der Waals surface area contributed by atoms with Gasteiger partial charge in [0.15, 0.2) is 0 Å². The lowest BCUT2D eigenvalue weighted by Crippen LogP contribution is -2.53. The Morgan fingerprint density at radius 3 is 2.48 bits per heavy atom. The molecule has 0 unspecified atom stereocenters. The molecule has 2 atom stereocenters. The molecule has 116 valence electrons. The second-order valence-electron chi connectivity index (χ2n) is 6.09. The van der Waals surface area contributed by atoms with E-state index in [-0.39, 0.29) is 18.1 Å². The molecule has 1 aromatic rings. The molecule has 1 saturated carbocycles. The van der Waals surface area contributed by atoms with Crippen molar-refractivity contribution < 1.29 is 14.4 Å². The number of aryl methyl sites for hydroxylation is 2. The Morgan fingerprint density at radius 2 is 1.95 bits per heavy atom. The third kappa shape index (κ3) is 2.70. The number of carbonyl (C=O) groups excluding carboxylic acids is 1. The summed E-state index contributed by atoms with van der Waals surface area (Å²) in [4.78, 5) is 16.7. The van der Waals surface area contributed by atoms with Gasteiger partial charge in [0.2, 0.25) is 0 Å². The lowest BCUT2D eigenvalue weighted by Gasteiger charge is -2.39. The van der Waals surface area contributed by atoms with Gasteiger partial charge in [0.05, 0.1) is 11.8 Å². The van der Waals surface area contributed by atoms with E-state index in [1.807, 2.05) is 4.90 Å². The van der Waals surface area contributed by atoms with Crippen molar-refractivity contribution in [3.8, 4) is 0 Å². The van der Waals surface area contributed by atoms with E-state index in [9.17, 15) is 9.90 Å². The summed E-state index contributed by atoms with van der Waals surface area (Å²) in [5.74, 6) is 0.601. The summed E-state index contributed by atoms with van der Waals surface area (Å²) in [6.07, 6.45) is 2.88. The number of aromatic nitrogens is 1. The first-order valence-electron chi connectivity index (χ1n) is 7.72. The quantitative estimate of drug-likeness (QED) is 0.879. The molecule has 1 amide bonds. The number of aliphatic hydroxyl groups excluding tert-OH is 1. The number of hydrogen-bond donors (Lipinski definition) is 1. The molecule has 3 rings (SSSR count). The first-order valence-corrected chi connectivity index (χ1v) is 7.72. The summed E-state index contributed by atoms with van der Waals surface area (Å²) in [6, 6.07) is 0.279.